The van der Waals surface area contributed by atoms with Gasteiger partial charge in [-0.1, -0.05) is 12.1 Å². The van der Waals surface area contributed by atoms with Crippen LogP contribution in [0.4, 0.5) is 8.78 Å². The number of aryl methyl sites for hydroxylation is 1. The van der Waals surface area contributed by atoms with Gasteiger partial charge in [-0.25, -0.2) is 18.4 Å². The summed E-state index contributed by atoms with van der Waals surface area (Å²) >= 11 is 0. The Balaban J connectivity index is 1.60. The smallest absolute Gasteiger partial charge is 0.273 e. The molecule has 0 aliphatic heterocycles. The van der Waals surface area contributed by atoms with E-state index in [-0.39, 0.29) is 35.0 Å². The molecule has 0 unspecified atom stereocenters. The van der Waals surface area contributed by atoms with Crippen molar-refractivity contribution in [2.24, 2.45) is 0 Å². The summed E-state index contributed by atoms with van der Waals surface area (Å²) < 4.78 is 27.9. The molecule has 138 valence electrons. The van der Waals surface area contributed by atoms with Crippen molar-refractivity contribution in [2.75, 3.05) is 5.43 Å². The maximum Gasteiger partial charge on any atom is 0.280 e. The van der Waals surface area contributed by atoms with Gasteiger partial charge in [-0.2, -0.15) is 0 Å². The first-order valence-corrected chi connectivity index (χ1v) is 8.78. The maximum absolute atomic E-state index is 13.5. The SMILES string of the molecule is O=C(CCc1cccc(F)c1)Nn1c(C2CC2)nc2cc(F)ccc2c1=O. The molecule has 0 bridgehead atoms. The zero-order valence-corrected chi connectivity index (χ0v) is 14.4. The van der Waals surface area contributed by atoms with Crippen LogP contribution in [0.15, 0.2) is 47.3 Å². The molecule has 7 heteroatoms. The Labute approximate surface area is 153 Å². The summed E-state index contributed by atoms with van der Waals surface area (Å²) in [7, 11) is 0. The molecule has 0 saturated heterocycles. The number of aromatic nitrogens is 2. The fourth-order valence-corrected chi connectivity index (χ4v) is 3.03. The van der Waals surface area contributed by atoms with Crippen LogP contribution in [0.1, 0.15) is 36.6 Å². The van der Waals surface area contributed by atoms with Crippen LogP contribution in [0.25, 0.3) is 10.9 Å². The zero-order chi connectivity index (χ0) is 19.0. The van der Waals surface area contributed by atoms with Gasteiger partial charge in [0.2, 0.25) is 5.91 Å². The molecule has 0 spiro atoms. The predicted molar refractivity (Wildman–Crippen MR) is 97.0 cm³/mol. The molecule has 1 saturated carbocycles. The lowest BCUT2D eigenvalue weighted by Gasteiger charge is -2.14. The molecule has 2 aromatic carbocycles. The number of benzene rings is 2. The Kier molecular flexibility index (Phi) is 4.43. The summed E-state index contributed by atoms with van der Waals surface area (Å²) in [4.78, 5) is 29.5. The molecule has 1 aliphatic carbocycles. The van der Waals surface area contributed by atoms with E-state index in [1.807, 2.05) is 0 Å². The van der Waals surface area contributed by atoms with Gasteiger partial charge in [-0.3, -0.25) is 15.0 Å². The van der Waals surface area contributed by atoms with Crippen molar-refractivity contribution < 1.29 is 13.6 Å². The van der Waals surface area contributed by atoms with Crippen LogP contribution in [0.2, 0.25) is 0 Å². The van der Waals surface area contributed by atoms with Crippen molar-refractivity contribution in [1.29, 1.82) is 0 Å². The van der Waals surface area contributed by atoms with Crippen LogP contribution >= 0.6 is 0 Å². The summed E-state index contributed by atoms with van der Waals surface area (Å²) in [6, 6.07) is 9.83. The Hall–Kier alpha value is -3.09. The topological polar surface area (TPSA) is 64.0 Å². The van der Waals surface area contributed by atoms with Gasteiger partial charge in [-0.15, -0.1) is 0 Å². The lowest BCUT2D eigenvalue weighted by atomic mass is 10.1. The van der Waals surface area contributed by atoms with E-state index in [9.17, 15) is 18.4 Å². The fraction of sp³-hybridized carbons (Fsp3) is 0.250. The maximum atomic E-state index is 13.5. The number of hydrogen-bond donors (Lipinski definition) is 1. The van der Waals surface area contributed by atoms with E-state index in [4.69, 9.17) is 0 Å². The van der Waals surface area contributed by atoms with Crippen LogP contribution in [0.5, 0.6) is 0 Å². The molecule has 5 nitrogen and oxygen atoms in total. The molecule has 1 aliphatic rings. The third-order valence-electron chi connectivity index (χ3n) is 4.57. The minimum Gasteiger partial charge on any atom is -0.273 e. The second-order valence-corrected chi connectivity index (χ2v) is 6.71. The van der Waals surface area contributed by atoms with Gasteiger partial charge in [0.1, 0.15) is 17.5 Å². The van der Waals surface area contributed by atoms with Crippen LogP contribution < -0.4 is 11.0 Å². The molecule has 1 fully saturated rings. The van der Waals surface area contributed by atoms with Crippen LogP contribution in [0, 0.1) is 11.6 Å². The summed E-state index contributed by atoms with van der Waals surface area (Å²) in [6.07, 6.45) is 2.18. The number of carbonyl (C=O) groups is 1. The number of nitrogens with one attached hydrogen (secondary N) is 1. The van der Waals surface area contributed by atoms with Crippen molar-refractivity contribution >= 4 is 16.8 Å². The summed E-state index contributed by atoms with van der Waals surface area (Å²) in [5.74, 6) is -0.670. The average molecular weight is 369 g/mol. The fourth-order valence-electron chi connectivity index (χ4n) is 3.03. The molecule has 1 heterocycles. The molecular weight excluding hydrogens is 352 g/mol. The first-order chi connectivity index (χ1) is 13.0. The van der Waals surface area contributed by atoms with Crippen molar-refractivity contribution in [3.63, 3.8) is 0 Å². The number of halogens is 2. The minimum absolute atomic E-state index is 0.0777. The van der Waals surface area contributed by atoms with E-state index in [2.05, 4.69) is 10.4 Å². The Morgan fingerprint density at radius 1 is 1.15 bits per heavy atom. The normalized spacial score (nSPS) is 13.7. The molecule has 1 N–H and O–H groups in total. The summed E-state index contributed by atoms with van der Waals surface area (Å²) in [5.41, 5.74) is 3.16. The van der Waals surface area contributed by atoms with Gasteiger partial charge in [-0.05, 0) is 49.1 Å². The highest BCUT2D eigenvalue weighted by Crippen LogP contribution is 2.38. The highest BCUT2D eigenvalue weighted by atomic mass is 19.1. The number of nitrogens with zero attached hydrogens (tertiary/aromatic N) is 2. The van der Waals surface area contributed by atoms with E-state index in [0.717, 1.165) is 12.8 Å². The second-order valence-electron chi connectivity index (χ2n) is 6.71. The highest BCUT2D eigenvalue weighted by Gasteiger charge is 2.30. The van der Waals surface area contributed by atoms with Gasteiger partial charge in [0.25, 0.3) is 5.56 Å². The molecular formula is C20H17F2N3O2. The number of amides is 1. The summed E-state index contributed by atoms with van der Waals surface area (Å²) in [6.45, 7) is 0. The second kappa shape index (κ2) is 6.90. The van der Waals surface area contributed by atoms with E-state index >= 15 is 0 Å². The quantitative estimate of drug-likeness (QED) is 0.751. The average Bonchev–Trinajstić information content (AvgIpc) is 3.47. The third-order valence-corrected chi connectivity index (χ3v) is 4.57. The number of fused-ring (bicyclic) bond motifs is 1. The van der Waals surface area contributed by atoms with Gasteiger partial charge < -0.3 is 0 Å². The Morgan fingerprint density at radius 3 is 2.67 bits per heavy atom. The molecule has 3 aromatic rings. The standard InChI is InChI=1S/C20H17F2N3O2/c21-14-3-1-2-12(10-14)4-9-18(26)24-25-19(13-5-6-13)23-17-11-15(22)7-8-16(17)20(25)27/h1-3,7-8,10-11,13H,4-6,9H2,(H,24,26). The Bertz CT molecular complexity index is 1090. The van der Waals surface area contributed by atoms with Crippen LogP contribution in [-0.4, -0.2) is 15.6 Å². The molecule has 27 heavy (non-hydrogen) atoms. The predicted octanol–water partition coefficient (Wildman–Crippen LogP) is 3.26. The minimum atomic E-state index is -0.465. The monoisotopic (exact) mass is 369 g/mol. The van der Waals surface area contributed by atoms with Crippen molar-refractivity contribution in [1.82, 2.24) is 9.66 Å². The summed E-state index contributed by atoms with van der Waals surface area (Å²) in [5, 5.41) is 0.242. The van der Waals surface area contributed by atoms with Gasteiger partial charge in [0, 0.05) is 18.4 Å². The number of carbonyl (C=O) groups excluding carboxylic acids is 1. The lowest BCUT2D eigenvalue weighted by Crippen LogP contribution is -2.36. The molecule has 0 radical (unpaired) electrons. The molecule has 1 amide bonds. The van der Waals surface area contributed by atoms with Crippen molar-refractivity contribution in [2.45, 2.75) is 31.6 Å². The first-order valence-electron chi connectivity index (χ1n) is 8.78. The van der Waals surface area contributed by atoms with Gasteiger partial charge in [0.05, 0.1) is 10.9 Å². The van der Waals surface area contributed by atoms with Crippen LogP contribution in [-0.2, 0) is 11.2 Å². The lowest BCUT2D eigenvalue weighted by molar-refractivity contribution is -0.117. The molecule has 1 aromatic heterocycles. The third kappa shape index (κ3) is 3.72. The van der Waals surface area contributed by atoms with Crippen molar-refractivity contribution in [3.8, 4) is 0 Å². The van der Waals surface area contributed by atoms with E-state index < -0.39 is 11.4 Å². The number of rotatable bonds is 5. The van der Waals surface area contributed by atoms with Gasteiger partial charge in [0.15, 0.2) is 0 Å². The molecule has 0 atom stereocenters. The van der Waals surface area contributed by atoms with Crippen LogP contribution in [0.3, 0.4) is 0 Å². The molecule has 4 rings (SSSR count). The largest absolute Gasteiger partial charge is 0.280 e. The van der Waals surface area contributed by atoms with Crippen molar-refractivity contribution in [3.05, 3.63) is 75.8 Å². The number of hydrogen-bond acceptors (Lipinski definition) is 3. The van der Waals surface area contributed by atoms with E-state index in [1.165, 1.54) is 35.0 Å². The highest BCUT2D eigenvalue weighted by molar-refractivity contribution is 5.85. The first kappa shape index (κ1) is 17.3. The Morgan fingerprint density at radius 2 is 1.93 bits per heavy atom. The van der Waals surface area contributed by atoms with Gasteiger partial charge >= 0.3 is 0 Å². The van der Waals surface area contributed by atoms with E-state index in [1.54, 1.807) is 12.1 Å². The van der Waals surface area contributed by atoms with E-state index in [0.29, 0.717) is 17.8 Å². The zero-order valence-electron chi connectivity index (χ0n) is 14.4.